The summed E-state index contributed by atoms with van der Waals surface area (Å²) in [5.41, 5.74) is 3.55. The second-order valence-electron chi connectivity index (χ2n) is 5.33. The molecule has 2 N–H and O–H groups in total. The predicted molar refractivity (Wildman–Crippen MR) is 84.1 cm³/mol. The van der Waals surface area contributed by atoms with Crippen molar-refractivity contribution in [1.82, 2.24) is 0 Å². The minimum absolute atomic E-state index is 0.0236. The highest BCUT2D eigenvalue weighted by molar-refractivity contribution is 5.93. The van der Waals surface area contributed by atoms with Crippen molar-refractivity contribution >= 4 is 11.6 Å². The zero-order valence-electron chi connectivity index (χ0n) is 13.3. The Morgan fingerprint density at radius 1 is 1.23 bits per heavy atom. The van der Waals surface area contributed by atoms with Gasteiger partial charge in [-0.3, -0.25) is 4.79 Å². The Morgan fingerprint density at radius 3 is 2.50 bits per heavy atom. The molecule has 0 spiro atoms. The SMILES string of the molecule is Cc1cccc(C)c1NC(=O)COc1c(O)cc[n+](C)c1C. The van der Waals surface area contributed by atoms with Gasteiger partial charge in [0.05, 0.1) is 0 Å². The molecule has 22 heavy (non-hydrogen) atoms. The Bertz CT molecular complexity index is 691. The summed E-state index contributed by atoms with van der Waals surface area (Å²) in [6.07, 6.45) is 1.73. The van der Waals surface area contributed by atoms with Crippen LogP contribution in [0.1, 0.15) is 16.8 Å². The number of aromatic nitrogens is 1. The van der Waals surface area contributed by atoms with Crippen molar-refractivity contribution in [3.05, 3.63) is 47.3 Å². The lowest BCUT2D eigenvalue weighted by atomic mass is 10.1. The van der Waals surface area contributed by atoms with E-state index in [1.54, 1.807) is 6.20 Å². The molecule has 0 saturated heterocycles. The largest absolute Gasteiger partial charge is 0.504 e. The Hall–Kier alpha value is -2.56. The highest BCUT2D eigenvalue weighted by Gasteiger charge is 2.17. The fourth-order valence-corrected chi connectivity index (χ4v) is 2.22. The average Bonchev–Trinajstić information content (AvgIpc) is 2.47. The van der Waals surface area contributed by atoms with Gasteiger partial charge in [0.2, 0.25) is 11.4 Å². The van der Waals surface area contributed by atoms with Crippen LogP contribution < -0.4 is 14.6 Å². The fourth-order valence-electron chi connectivity index (χ4n) is 2.22. The number of carbonyl (C=O) groups excluding carboxylic acids is 1. The van der Waals surface area contributed by atoms with Gasteiger partial charge in [0, 0.05) is 18.7 Å². The normalized spacial score (nSPS) is 10.4. The van der Waals surface area contributed by atoms with E-state index in [4.69, 9.17) is 4.74 Å². The average molecular weight is 301 g/mol. The highest BCUT2D eigenvalue weighted by atomic mass is 16.5. The second-order valence-corrected chi connectivity index (χ2v) is 5.33. The van der Waals surface area contributed by atoms with Gasteiger partial charge in [0.25, 0.3) is 5.91 Å². The molecule has 116 valence electrons. The van der Waals surface area contributed by atoms with Gasteiger partial charge in [-0.2, -0.15) is 0 Å². The van der Waals surface area contributed by atoms with Crippen LogP contribution in [0.25, 0.3) is 0 Å². The first kappa shape index (κ1) is 15.8. The lowest BCUT2D eigenvalue weighted by Crippen LogP contribution is -2.32. The smallest absolute Gasteiger partial charge is 0.262 e. The summed E-state index contributed by atoms with van der Waals surface area (Å²) >= 11 is 0. The number of pyridine rings is 1. The molecule has 1 aromatic heterocycles. The molecule has 0 atom stereocenters. The minimum Gasteiger partial charge on any atom is -0.504 e. The van der Waals surface area contributed by atoms with E-state index in [1.165, 1.54) is 6.07 Å². The lowest BCUT2D eigenvalue weighted by Gasteiger charge is -2.12. The minimum atomic E-state index is -0.261. The molecule has 0 fully saturated rings. The molecule has 0 aliphatic rings. The van der Waals surface area contributed by atoms with Crippen LogP contribution >= 0.6 is 0 Å². The number of para-hydroxylation sites is 1. The van der Waals surface area contributed by atoms with Crippen molar-refractivity contribution < 1.29 is 19.2 Å². The van der Waals surface area contributed by atoms with Crippen molar-refractivity contribution in [2.75, 3.05) is 11.9 Å². The number of hydrogen-bond acceptors (Lipinski definition) is 3. The van der Waals surface area contributed by atoms with Gasteiger partial charge in [0.1, 0.15) is 7.05 Å². The number of amides is 1. The Morgan fingerprint density at radius 2 is 1.86 bits per heavy atom. The molecule has 5 heteroatoms. The molecular weight excluding hydrogens is 280 g/mol. The number of benzene rings is 1. The van der Waals surface area contributed by atoms with Crippen molar-refractivity contribution in [2.24, 2.45) is 7.05 Å². The summed E-state index contributed by atoms with van der Waals surface area (Å²) in [7, 11) is 1.85. The van der Waals surface area contributed by atoms with E-state index in [2.05, 4.69) is 5.32 Å². The molecule has 0 radical (unpaired) electrons. The molecule has 0 aliphatic carbocycles. The maximum atomic E-state index is 12.1. The number of carbonyl (C=O) groups is 1. The van der Waals surface area contributed by atoms with Crippen LogP contribution in [0.15, 0.2) is 30.5 Å². The molecule has 0 bridgehead atoms. The van der Waals surface area contributed by atoms with E-state index in [0.29, 0.717) is 5.75 Å². The van der Waals surface area contributed by atoms with Crippen molar-refractivity contribution in [2.45, 2.75) is 20.8 Å². The van der Waals surface area contributed by atoms with Gasteiger partial charge >= 0.3 is 0 Å². The molecule has 2 rings (SSSR count). The van der Waals surface area contributed by atoms with Gasteiger partial charge in [-0.15, -0.1) is 0 Å². The molecule has 0 unspecified atom stereocenters. The third-order valence-electron chi connectivity index (χ3n) is 3.64. The number of anilines is 1. The number of nitrogens with one attached hydrogen (secondary N) is 1. The van der Waals surface area contributed by atoms with E-state index in [0.717, 1.165) is 22.5 Å². The first-order valence-corrected chi connectivity index (χ1v) is 7.07. The van der Waals surface area contributed by atoms with Gasteiger partial charge in [0.15, 0.2) is 18.6 Å². The monoisotopic (exact) mass is 301 g/mol. The molecule has 2 aromatic rings. The van der Waals surface area contributed by atoms with Crippen LogP contribution in [0.2, 0.25) is 0 Å². The Labute approximate surface area is 130 Å². The van der Waals surface area contributed by atoms with Gasteiger partial charge in [-0.05, 0) is 25.0 Å². The zero-order chi connectivity index (χ0) is 16.3. The van der Waals surface area contributed by atoms with E-state index in [-0.39, 0.29) is 18.3 Å². The topological polar surface area (TPSA) is 62.4 Å². The number of ether oxygens (including phenoxy) is 1. The van der Waals surface area contributed by atoms with Crippen molar-refractivity contribution in [3.63, 3.8) is 0 Å². The third kappa shape index (κ3) is 3.36. The molecule has 1 amide bonds. The number of aromatic hydroxyl groups is 1. The Kier molecular flexibility index (Phi) is 4.65. The van der Waals surface area contributed by atoms with Crippen LogP contribution in [-0.2, 0) is 11.8 Å². The molecular formula is C17H21N2O3+. The summed E-state index contributed by atoms with van der Waals surface area (Å²) < 4.78 is 7.30. The number of nitrogens with zero attached hydrogens (tertiary/aromatic N) is 1. The summed E-state index contributed by atoms with van der Waals surface area (Å²) in [6, 6.07) is 7.36. The van der Waals surface area contributed by atoms with E-state index < -0.39 is 0 Å². The lowest BCUT2D eigenvalue weighted by molar-refractivity contribution is -0.678. The van der Waals surface area contributed by atoms with E-state index in [9.17, 15) is 9.90 Å². The van der Waals surface area contributed by atoms with Crippen LogP contribution in [0.3, 0.4) is 0 Å². The first-order chi connectivity index (χ1) is 10.4. The van der Waals surface area contributed by atoms with Crippen molar-refractivity contribution in [1.29, 1.82) is 0 Å². The predicted octanol–water partition coefficient (Wildman–Crippen LogP) is 2.16. The zero-order valence-corrected chi connectivity index (χ0v) is 13.3. The van der Waals surface area contributed by atoms with Crippen LogP contribution in [0, 0.1) is 20.8 Å². The van der Waals surface area contributed by atoms with Crippen LogP contribution in [-0.4, -0.2) is 17.6 Å². The van der Waals surface area contributed by atoms with E-state index >= 15 is 0 Å². The second kappa shape index (κ2) is 6.47. The van der Waals surface area contributed by atoms with Crippen LogP contribution in [0.4, 0.5) is 5.69 Å². The third-order valence-corrected chi connectivity index (χ3v) is 3.64. The molecule has 5 nitrogen and oxygen atoms in total. The Balaban J connectivity index is 2.07. The fraction of sp³-hybridized carbons (Fsp3) is 0.294. The standard InChI is InChI=1S/C17H20N2O3/c1-11-6-5-7-12(2)16(11)18-15(21)10-22-17-13(3)19(4)9-8-14(17)20/h5-9H,10H2,1-4H3,(H,18,21)/p+1. The maximum absolute atomic E-state index is 12.1. The maximum Gasteiger partial charge on any atom is 0.262 e. The summed E-state index contributed by atoms with van der Waals surface area (Å²) in [5, 5.41) is 12.7. The summed E-state index contributed by atoms with van der Waals surface area (Å²) in [4.78, 5) is 12.1. The van der Waals surface area contributed by atoms with Gasteiger partial charge in [-0.25, -0.2) is 4.57 Å². The molecule has 0 saturated carbocycles. The quantitative estimate of drug-likeness (QED) is 0.851. The highest BCUT2D eigenvalue weighted by Crippen LogP contribution is 2.26. The number of hydrogen-bond donors (Lipinski definition) is 2. The van der Waals surface area contributed by atoms with Crippen LogP contribution in [0.5, 0.6) is 11.5 Å². The molecule has 1 aromatic carbocycles. The summed E-state index contributed by atoms with van der Waals surface area (Å²) in [5.74, 6) is 0.0832. The number of aryl methyl sites for hydroxylation is 3. The first-order valence-electron chi connectivity index (χ1n) is 7.07. The molecule has 1 heterocycles. The van der Waals surface area contributed by atoms with Crippen molar-refractivity contribution in [3.8, 4) is 11.5 Å². The van der Waals surface area contributed by atoms with E-state index in [1.807, 2.05) is 50.6 Å². The van der Waals surface area contributed by atoms with Gasteiger partial charge < -0.3 is 15.2 Å². The van der Waals surface area contributed by atoms with Gasteiger partial charge in [-0.1, -0.05) is 18.2 Å². The molecule has 0 aliphatic heterocycles. The number of rotatable bonds is 4. The summed E-state index contributed by atoms with van der Waals surface area (Å²) in [6.45, 7) is 5.54.